The van der Waals surface area contributed by atoms with E-state index in [9.17, 15) is 4.79 Å². The summed E-state index contributed by atoms with van der Waals surface area (Å²) in [6.45, 7) is 2.51. The van der Waals surface area contributed by atoms with Crippen molar-refractivity contribution in [1.29, 1.82) is 0 Å². The molecule has 8 heteroatoms. The topological polar surface area (TPSA) is 88.6 Å². The molecule has 4 rings (SSSR count). The Morgan fingerprint density at radius 2 is 2.00 bits per heavy atom. The van der Waals surface area contributed by atoms with Crippen molar-refractivity contribution in [2.45, 2.75) is 19.4 Å². The van der Waals surface area contributed by atoms with Crippen molar-refractivity contribution < 1.29 is 14.3 Å². The Balaban J connectivity index is 1.33. The molecule has 0 spiro atoms. The maximum absolute atomic E-state index is 12.1. The van der Waals surface area contributed by atoms with Crippen LogP contribution in [0.4, 0.5) is 16.4 Å². The van der Waals surface area contributed by atoms with Crippen molar-refractivity contribution in [2.75, 3.05) is 30.1 Å². The lowest BCUT2D eigenvalue weighted by Gasteiger charge is -2.15. The zero-order chi connectivity index (χ0) is 17.1. The highest BCUT2D eigenvalue weighted by Crippen LogP contribution is 2.34. The molecule has 130 valence electrons. The molecule has 1 aromatic carbocycles. The van der Waals surface area contributed by atoms with Crippen molar-refractivity contribution in [3.8, 4) is 11.5 Å². The van der Waals surface area contributed by atoms with Gasteiger partial charge < -0.3 is 25.0 Å². The number of fused-ring (bicyclic) bond motifs is 1. The van der Waals surface area contributed by atoms with Crippen LogP contribution in [-0.2, 0) is 6.54 Å². The van der Waals surface area contributed by atoms with Gasteiger partial charge in [-0.3, -0.25) is 0 Å². The highest BCUT2D eigenvalue weighted by molar-refractivity contribution is 5.89. The molecule has 25 heavy (non-hydrogen) atoms. The maximum Gasteiger partial charge on any atom is 0.319 e. The third-order valence-electron chi connectivity index (χ3n) is 4.15. The molecule has 2 aliphatic rings. The number of benzene rings is 1. The first kappa shape index (κ1) is 15.5. The first-order chi connectivity index (χ1) is 12.3. The molecule has 0 atom stereocenters. The van der Waals surface area contributed by atoms with Crippen LogP contribution in [-0.4, -0.2) is 35.9 Å². The molecule has 1 fully saturated rings. The van der Waals surface area contributed by atoms with Gasteiger partial charge in [-0.25, -0.2) is 14.8 Å². The minimum atomic E-state index is -0.305. The van der Waals surface area contributed by atoms with Gasteiger partial charge in [0.05, 0.1) is 12.2 Å². The second kappa shape index (κ2) is 6.84. The SMILES string of the molecule is O=C(NCc1ccnc(N2CCCC2)n1)Nc1ccc2c(c1)OCO2. The van der Waals surface area contributed by atoms with Crippen molar-refractivity contribution in [2.24, 2.45) is 0 Å². The molecule has 0 radical (unpaired) electrons. The number of ether oxygens (including phenoxy) is 2. The van der Waals surface area contributed by atoms with Crippen molar-refractivity contribution in [3.63, 3.8) is 0 Å². The van der Waals surface area contributed by atoms with Gasteiger partial charge in [0.1, 0.15) is 0 Å². The molecule has 0 unspecified atom stereocenters. The van der Waals surface area contributed by atoms with Crippen LogP contribution >= 0.6 is 0 Å². The molecule has 0 aliphatic carbocycles. The van der Waals surface area contributed by atoms with Crippen LogP contribution in [0.2, 0.25) is 0 Å². The highest BCUT2D eigenvalue weighted by atomic mass is 16.7. The van der Waals surface area contributed by atoms with Crippen molar-refractivity contribution in [3.05, 3.63) is 36.2 Å². The molecule has 2 N–H and O–H groups in total. The maximum atomic E-state index is 12.1. The van der Waals surface area contributed by atoms with Crippen molar-refractivity contribution in [1.82, 2.24) is 15.3 Å². The molecule has 8 nitrogen and oxygen atoms in total. The average Bonchev–Trinajstić information content (AvgIpc) is 3.31. The fourth-order valence-corrected chi connectivity index (χ4v) is 2.87. The van der Waals surface area contributed by atoms with E-state index in [-0.39, 0.29) is 12.8 Å². The van der Waals surface area contributed by atoms with Crippen LogP contribution in [0.5, 0.6) is 11.5 Å². The van der Waals surface area contributed by atoms with Gasteiger partial charge in [0, 0.05) is 31.0 Å². The normalized spacial score (nSPS) is 15.3. The number of aromatic nitrogens is 2. The van der Waals surface area contributed by atoms with E-state index in [4.69, 9.17) is 9.47 Å². The predicted molar refractivity (Wildman–Crippen MR) is 91.9 cm³/mol. The summed E-state index contributed by atoms with van der Waals surface area (Å²) in [6, 6.07) is 6.77. The summed E-state index contributed by atoms with van der Waals surface area (Å²) < 4.78 is 10.5. The van der Waals surface area contributed by atoms with E-state index in [2.05, 4.69) is 25.5 Å². The number of hydrogen-bond acceptors (Lipinski definition) is 6. The summed E-state index contributed by atoms with van der Waals surface area (Å²) in [5, 5.41) is 5.57. The molecule has 1 saturated heterocycles. The number of nitrogens with zero attached hydrogens (tertiary/aromatic N) is 3. The number of nitrogens with one attached hydrogen (secondary N) is 2. The van der Waals surface area contributed by atoms with Gasteiger partial charge in [-0.2, -0.15) is 0 Å². The predicted octanol–water partition coefficient (Wildman–Crippen LogP) is 2.13. The van der Waals surface area contributed by atoms with Gasteiger partial charge in [0.25, 0.3) is 0 Å². The Bertz CT molecular complexity index is 777. The molecular weight excluding hydrogens is 322 g/mol. The first-order valence-corrected chi connectivity index (χ1v) is 8.29. The summed E-state index contributed by atoms with van der Waals surface area (Å²) in [5.41, 5.74) is 1.42. The molecule has 2 aromatic rings. The number of hydrogen-bond donors (Lipinski definition) is 2. The summed E-state index contributed by atoms with van der Waals surface area (Å²) in [4.78, 5) is 23.1. The molecule has 0 bridgehead atoms. The minimum Gasteiger partial charge on any atom is -0.454 e. The third kappa shape index (κ3) is 3.57. The summed E-state index contributed by atoms with van der Waals surface area (Å²) in [5.74, 6) is 2.04. The Labute approximate surface area is 145 Å². The van der Waals surface area contributed by atoms with E-state index < -0.39 is 0 Å². The Morgan fingerprint density at radius 1 is 1.16 bits per heavy atom. The molecular formula is C17H19N5O3. The van der Waals surface area contributed by atoms with E-state index in [1.54, 1.807) is 30.5 Å². The summed E-state index contributed by atoms with van der Waals surface area (Å²) in [7, 11) is 0. The third-order valence-corrected chi connectivity index (χ3v) is 4.15. The van der Waals surface area contributed by atoms with Gasteiger partial charge in [-0.1, -0.05) is 0 Å². The van der Waals surface area contributed by atoms with E-state index in [1.807, 2.05) is 0 Å². The zero-order valence-corrected chi connectivity index (χ0v) is 13.7. The standard InChI is InChI=1S/C17H19N5O3/c23-17(21-12-3-4-14-15(9-12)25-11-24-14)19-10-13-5-6-18-16(20-13)22-7-1-2-8-22/h3-6,9H,1-2,7-8,10-11H2,(H2,19,21,23). The van der Waals surface area contributed by atoms with Crippen LogP contribution in [0, 0.1) is 0 Å². The molecule has 2 aliphatic heterocycles. The first-order valence-electron chi connectivity index (χ1n) is 8.29. The molecule has 3 heterocycles. The van der Waals surface area contributed by atoms with E-state index >= 15 is 0 Å². The lowest BCUT2D eigenvalue weighted by atomic mass is 10.3. The highest BCUT2D eigenvalue weighted by Gasteiger charge is 2.16. The summed E-state index contributed by atoms with van der Waals surface area (Å²) >= 11 is 0. The van der Waals surface area contributed by atoms with Gasteiger partial charge >= 0.3 is 6.03 Å². The Kier molecular flexibility index (Phi) is 4.24. The fraction of sp³-hybridized carbons (Fsp3) is 0.353. The largest absolute Gasteiger partial charge is 0.454 e. The number of urea groups is 1. The quantitative estimate of drug-likeness (QED) is 0.886. The molecule has 2 amide bonds. The van der Waals surface area contributed by atoms with Gasteiger partial charge in [0.15, 0.2) is 11.5 Å². The smallest absolute Gasteiger partial charge is 0.319 e. The molecule has 1 aromatic heterocycles. The monoisotopic (exact) mass is 341 g/mol. The van der Waals surface area contributed by atoms with Crippen LogP contribution in [0.3, 0.4) is 0 Å². The lowest BCUT2D eigenvalue weighted by molar-refractivity contribution is 0.174. The van der Waals surface area contributed by atoms with Crippen LogP contribution in [0.1, 0.15) is 18.5 Å². The van der Waals surface area contributed by atoms with Crippen LogP contribution in [0.15, 0.2) is 30.5 Å². The number of carbonyl (C=O) groups is 1. The number of amides is 2. The van der Waals surface area contributed by atoms with Crippen LogP contribution < -0.4 is 25.0 Å². The second-order valence-corrected chi connectivity index (χ2v) is 5.92. The zero-order valence-electron chi connectivity index (χ0n) is 13.7. The number of carbonyl (C=O) groups excluding carboxylic acids is 1. The van der Waals surface area contributed by atoms with E-state index in [0.717, 1.165) is 24.7 Å². The second-order valence-electron chi connectivity index (χ2n) is 5.92. The van der Waals surface area contributed by atoms with E-state index in [0.29, 0.717) is 23.7 Å². The summed E-state index contributed by atoms with van der Waals surface area (Å²) in [6.07, 6.45) is 4.07. The van der Waals surface area contributed by atoms with Crippen molar-refractivity contribution >= 4 is 17.7 Å². The Morgan fingerprint density at radius 3 is 2.88 bits per heavy atom. The van der Waals surface area contributed by atoms with Crippen LogP contribution in [0.25, 0.3) is 0 Å². The van der Waals surface area contributed by atoms with Gasteiger partial charge in [-0.05, 0) is 31.0 Å². The fourth-order valence-electron chi connectivity index (χ4n) is 2.87. The van der Waals surface area contributed by atoms with Gasteiger partial charge in [-0.15, -0.1) is 0 Å². The number of anilines is 2. The lowest BCUT2D eigenvalue weighted by Crippen LogP contribution is -2.29. The molecule has 0 saturated carbocycles. The van der Waals surface area contributed by atoms with Gasteiger partial charge in [0.2, 0.25) is 12.7 Å². The Hall–Kier alpha value is -3.03. The average molecular weight is 341 g/mol. The number of rotatable bonds is 4. The minimum absolute atomic E-state index is 0.206. The van der Waals surface area contributed by atoms with E-state index in [1.165, 1.54) is 12.8 Å².